The van der Waals surface area contributed by atoms with Crippen LogP contribution in [0.5, 0.6) is 11.5 Å². The summed E-state index contributed by atoms with van der Waals surface area (Å²) in [5.74, 6) is -0.165. The largest absolute Gasteiger partial charge is 0.488 e. The molecular formula is C30H24F9NO2S. The standard InChI is InChI=1S/C30H24F9NO2S/c1-3-4-18-7-10-23(11-17(18)2)42-16-26-25(40-27(43-26)19-5-8-20(9-6-19)28(31,32)33)15-41-24-13-21(29(34,35)36)12-22(14-24)30(37,38)39/h5-14H,3-4,15-16H2,1-2H3. The van der Waals surface area contributed by atoms with Gasteiger partial charge in [-0.1, -0.05) is 31.5 Å². The van der Waals surface area contributed by atoms with Crippen molar-refractivity contribution >= 4 is 11.3 Å². The zero-order valence-corrected chi connectivity index (χ0v) is 23.5. The van der Waals surface area contributed by atoms with Gasteiger partial charge in [-0.25, -0.2) is 4.98 Å². The van der Waals surface area contributed by atoms with Gasteiger partial charge in [0.25, 0.3) is 0 Å². The van der Waals surface area contributed by atoms with E-state index in [1.165, 1.54) is 12.1 Å². The van der Waals surface area contributed by atoms with Gasteiger partial charge in [-0.2, -0.15) is 39.5 Å². The number of benzene rings is 3. The molecule has 0 amide bonds. The Morgan fingerprint density at radius 1 is 0.674 bits per heavy atom. The monoisotopic (exact) mass is 633 g/mol. The summed E-state index contributed by atoms with van der Waals surface area (Å²) >= 11 is 1.05. The number of ether oxygens (including phenoxy) is 2. The van der Waals surface area contributed by atoms with Crippen LogP contribution in [0.4, 0.5) is 39.5 Å². The lowest BCUT2D eigenvalue weighted by Crippen LogP contribution is -2.11. The molecule has 3 aromatic carbocycles. The lowest BCUT2D eigenvalue weighted by Gasteiger charge is -2.15. The summed E-state index contributed by atoms with van der Waals surface area (Å²) in [4.78, 5) is 4.81. The fourth-order valence-corrected chi connectivity index (χ4v) is 5.14. The first-order valence-corrected chi connectivity index (χ1v) is 13.7. The molecule has 1 heterocycles. The number of halogens is 9. The molecule has 1 aromatic heterocycles. The van der Waals surface area contributed by atoms with Crippen LogP contribution in [0, 0.1) is 6.92 Å². The highest BCUT2D eigenvalue weighted by molar-refractivity contribution is 7.15. The molecule has 230 valence electrons. The third-order valence-corrected chi connectivity index (χ3v) is 7.50. The van der Waals surface area contributed by atoms with Crippen molar-refractivity contribution in [2.75, 3.05) is 0 Å². The van der Waals surface area contributed by atoms with Crippen LogP contribution in [0.15, 0.2) is 60.7 Å². The molecule has 3 nitrogen and oxygen atoms in total. The summed E-state index contributed by atoms with van der Waals surface area (Å²) in [7, 11) is 0. The number of rotatable bonds is 9. The molecule has 0 atom stereocenters. The Bertz CT molecular complexity index is 1520. The van der Waals surface area contributed by atoms with Crippen molar-refractivity contribution in [2.45, 2.75) is 58.4 Å². The van der Waals surface area contributed by atoms with Gasteiger partial charge in [-0.15, -0.1) is 11.3 Å². The third-order valence-electron chi connectivity index (χ3n) is 6.38. The van der Waals surface area contributed by atoms with E-state index in [-0.39, 0.29) is 23.4 Å². The van der Waals surface area contributed by atoms with Crippen LogP contribution in [0.1, 0.15) is 51.7 Å². The van der Waals surface area contributed by atoms with Crippen molar-refractivity contribution in [3.8, 4) is 22.1 Å². The highest BCUT2D eigenvalue weighted by atomic mass is 32.1. The van der Waals surface area contributed by atoms with E-state index in [1.54, 1.807) is 6.07 Å². The maximum Gasteiger partial charge on any atom is 0.416 e. The zero-order valence-electron chi connectivity index (χ0n) is 22.7. The summed E-state index contributed by atoms with van der Waals surface area (Å²) in [5.41, 5.74) is -1.33. The molecule has 4 rings (SSSR count). The van der Waals surface area contributed by atoms with Crippen molar-refractivity contribution in [3.05, 3.63) is 99.1 Å². The number of hydrogen-bond acceptors (Lipinski definition) is 4. The first-order chi connectivity index (χ1) is 20.0. The van der Waals surface area contributed by atoms with Gasteiger partial charge in [0.15, 0.2) is 0 Å². The van der Waals surface area contributed by atoms with Gasteiger partial charge in [0.1, 0.15) is 29.7 Å². The number of nitrogens with zero attached hydrogens (tertiary/aromatic N) is 1. The lowest BCUT2D eigenvalue weighted by atomic mass is 10.0. The average molecular weight is 634 g/mol. The molecular weight excluding hydrogens is 609 g/mol. The van der Waals surface area contributed by atoms with Crippen molar-refractivity contribution < 1.29 is 49.0 Å². The minimum absolute atomic E-state index is 0.00848. The van der Waals surface area contributed by atoms with E-state index in [0.717, 1.165) is 47.4 Å². The Morgan fingerprint density at radius 3 is 1.79 bits per heavy atom. The van der Waals surface area contributed by atoms with Gasteiger partial charge >= 0.3 is 18.5 Å². The van der Waals surface area contributed by atoms with Crippen LogP contribution in [0.2, 0.25) is 0 Å². The fourth-order valence-electron chi connectivity index (χ4n) is 4.15. The van der Waals surface area contributed by atoms with E-state index in [0.29, 0.717) is 28.3 Å². The van der Waals surface area contributed by atoms with Crippen LogP contribution in [-0.4, -0.2) is 4.98 Å². The number of thiazole rings is 1. The van der Waals surface area contributed by atoms with Crippen LogP contribution >= 0.6 is 11.3 Å². The summed E-state index contributed by atoms with van der Waals surface area (Å²) in [6.45, 7) is 3.37. The quantitative estimate of drug-likeness (QED) is 0.172. The van der Waals surface area contributed by atoms with Crippen molar-refractivity contribution in [1.82, 2.24) is 4.98 Å². The summed E-state index contributed by atoms with van der Waals surface area (Å²) in [5, 5.41) is 0.264. The van der Waals surface area contributed by atoms with Crippen LogP contribution in [0.3, 0.4) is 0 Å². The third kappa shape index (κ3) is 8.21. The van der Waals surface area contributed by atoms with Crippen LogP contribution < -0.4 is 9.47 Å². The Labute approximate surface area is 244 Å². The predicted octanol–water partition coefficient (Wildman–Crippen LogP) is 10.3. The molecule has 13 heteroatoms. The molecule has 0 saturated heterocycles. The van der Waals surface area contributed by atoms with Gasteiger partial charge in [0.2, 0.25) is 0 Å². The zero-order chi connectivity index (χ0) is 31.6. The average Bonchev–Trinajstić information content (AvgIpc) is 3.33. The predicted molar refractivity (Wildman–Crippen MR) is 143 cm³/mol. The van der Waals surface area contributed by atoms with Gasteiger partial charge < -0.3 is 9.47 Å². The Hall–Kier alpha value is -3.74. The molecule has 43 heavy (non-hydrogen) atoms. The second kappa shape index (κ2) is 12.5. The van der Waals surface area contributed by atoms with Crippen LogP contribution in [0.25, 0.3) is 10.6 Å². The molecule has 0 bridgehead atoms. The van der Waals surface area contributed by atoms with Gasteiger partial charge in [-0.3, -0.25) is 0 Å². The van der Waals surface area contributed by atoms with Gasteiger partial charge in [0.05, 0.1) is 27.3 Å². The van der Waals surface area contributed by atoms with Crippen molar-refractivity contribution in [1.29, 1.82) is 0 Å². The minimum atomic E-state index is -5.06. The molecule has 0 fully saturated rings. The van der Waals surface area contributed by atoms with Crippen molar-refractivity contribution in [3.63, 3.8) is 0 Å². The van der Waals surface area contributed by atoms with E-state index >= 15 is 0 Å². The van der Waals surface area contributed by atoms with Crippen LogP contribution in [-0.2, 0) is 38.2 Å². The molecule has 0 N–H and O–H groups in total. The Morgan fingerprint density at radius 2 is 1.26 bits per heavy atom. The van der Waals surface area contributed by atoms with E-state index in [9.17, 15) is 39.5 Å². The normalized spacial score (nSPS) is 12.4. The summed E-state index contributed by atoms with van der Waals surface area (Å²) < 4.78 is 130. The van der Waals surface area contributed by atoms with Crippen molar-refractivity contribution in [2.24, 2.45) is 0 Å². The molecule has 0 saturated carbocycles. The number of aryl methyl sites for hydroxylation is 2. The Balaban J connectivity index is 1.64. The maximum absolute atomic E-state index is 13.3. The Kier molecular flexibility index (Phi) is 9.33. The second-order valence-corrected chi connectivity index (χ2v) is 10.7. The van der Waals surface area contributed by atoms with E-state index in [1.807, 2.05) is 19.1 Å². The molecule has 0 unspecified atom stereocenters. The summed E-state index contributed by atoms with van der Waals surface area (Å²) in [6.07, 6.45) is -12.8. The molecule has 0 radical (unpaired) electrons. The number of alkyl halides is 9. The fraction of sp³-hybridized carbons (Fsp3) is 0.300. The molecule has 0 aliphatic carbocycles. The lowest BCUT2D eigenvalue weighted by molar-refractivity contribution is -0.143. The molecule has 0 aliphatic heterocycles. The summed E-state index contributed by atoms with van der Waals surface area (Å²) in [6, 6.07) is 10.6. The first-order valence-electron chi connectivity index (χ1n) is 12.9. The minimum Gasteiger partial charge on any atom is -0.488 e. The first kappa shape index (κ1) is 32.2. The second-order valence-electron chi connectivity index (χ2n) is 9.62. The molecule has 4 aromatic rings. The number of hydrogen-bond donors (Lipinski definition) is 0. The van der Waals surface area contributed by atoms with E-state index in [4.69, 9.17) is 9.47 Å². The van der Waals surface area contributed by atoms with Gasteiger partial charge in [-0.05, 0) is 66.9 Å². The van der Waals surface area contributed by atoms with E-state index in [2.05, 4.69) is 11.9 Å². The maximum atomic E-state index is 13.3. The smallest absolute Gasteiger partial charge is 0.416 e. The SMILES string of the molecule is CCCc1ccc(OCc2sc(-c3ccc(C(F)(F)F)cc3)nc2COc2cc(C(F)(F)F)cc(C(F)(F)F)c2)cc1C. The number of aromatic nitrogens is 1. The van der Waals surface area contributed by atoms with E-state index < -0.39 is 47.6 Å². The molecule has 0 spiro atoms. The van der Waals surface area contributed by atoms with Gasteiger partial charge in [0, 0.05) is 5.56 Å². The molecule has 0 aliphatic rings. The topological polar surface area (TPSA) is 31.4 Å². The highest BCUT2D eigenvalue weighted by Gasteiger charge is 2.37. The highest BCUT2D eigenvalue weighted by Crippen LogP contribution is 2.39.